The normalized spacial score (nSPS) is 11.7. The van der Waals surface area contributed by atoms with Crippen LogP contribution < -0.4 is 5.73 Å². The number of nitrogens with two attached hydrogens (primary N) is 1. The molecule has 4 nitrogen and oxygen atoms in total. The van der Waals surface area contributed by atoms with Crippen LogP contribution in [0.5, 0.6) is 0 Å². The molecular weight excluding hydrogens is 216 g/mol. The van der Waals surface area contributed by atoms with Crippen molar-refractivity contribution in [3.63, 3.8) is 0 Å². The minimum Gasteiger partial charge on any atom is -0.385 e. The zero-order valence-corrected chi connectivity index (χ0v) is 10.7. The summed E-state index contributed by atoms with van der Waals surface area (Å²) >= 11 is 0. The molecular formula is C10H23ClN2O2. The Morgan fingerprint density at radius 3 is 2.53 bits per heavy atom. The van der Waals surface area contributed by atoms with E-state index in [0.717, 1.165) is 19.4 Å². The van der Waals surface area contributed by atoms with Crippen molar-refractivity contribution in [1.82, 2.24) is 4.90 Å². The molecule has 0 rings (SSSR count). The average Bonchev–Trinajstić information content (AvgIpc) is 2.21. The van der Waals surface area contributed by atoms with Gasteiger partial charge in [-0.05, 0) is 19.8 Å². The highest BCUT2D eigenvalue weighted by Crippen LogP contribution is 2.02. The van der Waals surface area contributed by atoms with Crippen molar-refractivity contribution in [2.45, 2.75) is 32.2 Å². The molecule has 2 N–H and O–H groups in total. The average molecular weight is 239 g/mol. The van der Waals surface area contributed by atoms with Crippen molar-refractivity contribution in [2.24, 2.45) is 5.73 Å². The number of carbonyl (C=O) groups is 1. The third-order valence-electron chi connectivity index (χ3n) is 2.38. The van der Waals surface area contributed by atoms with Gasteiger partial charge < -0.3 is 15.4 Å². The summed E-state index contributed by atoms with van der Waals surface area (Å²) in [6.07, 6.45) is 2.41. The van der Waals surface area contributed by atoms with Gasteiger partial charge in [0.1, 0.15) is 0 Å². The van der Waals surface area contributed by atoms with Crippen LogP contribution >= 0.6 is 12.4 Å². The Labute approximate surface area is 98.6 Å². The second-order valence-corrected chi connectivity index (χ2v) is 3.54. The monoisotopic (exact) mass is 238 g/mol. The van der Waals surface area contributed by atoms with Crippen molar-refractivity contribution >= 4 is 18.3 Å². The Balaban J connectivity index is 0. The van der Waals surface area contributed by atoms with E-state index in [-0.39, 0.29) is 24.4 Å². The number of hydrogen-bond donors (Lipinski definition) is 1. The van der Waals surface area contributed by atoms with Crippen LogP contribution in [-0.2, 0) is 9.53 Å². The summed E-state index contributed by atoms with van der Waals surface area (Å²) in [5.74, 6) is 0.166. The Morgan fingerprint density at radius 2 is 2.07 bits per heavy atom. The minimum absolute atomic E-state index is 0. The highest BCUT2D eigenvalue weighted by molar-refractivity contribution is 5.85. The number of halogens is 1. The molecule has 1 unspecified atom stereocenters. The van der Waals surface area contributed by atoms with Gasteiger partial charge in [-0.2, -0.15) is 0 Å². The number of nitrogens with zero attached hydrogens (tertiary/aromatic N) is 1. The van der Waals surface area contributed by atoms with Crippen LogP contribution in [0.25, 0.3) is 0 Å². The first-order valence-electron chi connectivity index (χ1n) is 5.08. The highest BCUT2D eigenvalue weighted by Gasteiger charge is 2.13. The number of methoxy groups -OCH3 is 1. The molecule has 0 bridgehead atoms. The van der Waals surface area contributed by atoms with Gasteiger partial charge in [0.15, 0.2) is 0 Å². The summed E-state index contributed by atoms with van der Waals surface area (Å²) in [7, 11) is 3.47. The van der Waals surface area contributed by atoms with Gasteiger partial charge in [-0.1, -0.05) is 0 Å². The topological polar surface area (TPSA) is 55.6 Å². The van der Waals surface area contributed by atoms with Gasteiger partial charge in [-0.3, -0.25) is 4.79 Å². The lowest BCUT2D eigenvalue weighted by atomic mass is 10.2. The van der Waals surface area contributed by atoms with Crippen LogP contribution in [0.15, 0.2) is 0 Å². The van der Waals surface area contributed by atoms with Crippen LogP contribution in [0.2, 0.25) is 0 Å². The smallest absolute Gasteiger partial charge is 0.222 e. The zero-order valence-electron chi connectivity index (χ0n) is 9.86. The summed E-state index contributed by atoms with van der Waals surface area (Å²) in [6, 6.07) is 0.130. The maximum atomic E-state index is 11.5. The molecule has 1 atom stereocenters. The van der Waals surface area contributed by atoms with E-state index in [1.54, 1.807) is 19.1 Å². The molecule has 0 spiro atoms. The van der Waals surface area contributed by atoms with E-state index in [1.165, 1.54) is 0 Å². The molecule has 0 radical (unpaired) electrons. The molecule has 92 valence electrons. The fraction of sp³-hybridized carbons (Fsp3) is 0.900. The lowest BCUT2D eigenvalue weighted by Crippen LogP contribution is -2.39. The van der Waals surface area contributed by atoms with Crippen LogP contribution in [-0.4, -0.2) is 44.2 Å². The van der Waals surface area contributed by atoms with Crippen LogP contribution in [0, 0.1) is 0 Å². The molecule has 15 heavy (non-hydrogen) atoms. The first kappa shape index (κ1) is 17.1. The van der Waals surface area contributed by atoms with Gasteiger partial charge in [0.25, 0.3) is 0 Å². The number of ether oxygens (including phenoxy) is 1. The summed E-state index contributed by atoms with van der Waals surface area (Å²) in [4.78, 5) is 13.3. The van der Waals surface area contributed by atoms with Crippen molar-refractivity contribution in [3.8, 4) is 0 Å². The minimum atomic E-state index is 0. The van der Waals surface area contributed by atoms with Gasteiger partial charge >= 0.3 is 0 Å². The van der Waals surface area contributed by atoms with Crippen molar-refractivity contribution in [2.75, 3.05) is 27.3 Å². The van der Waals surface area contributed by atoms with Gasteiger partial charge in [0.2, 0.25) is 5.91 Å². The molecule has 0 aromatic carbocycles. The SMILES string of the molecule is COCCCCC(=O)N(C)C(C)CN.Cl. The summed E-state index contributed by atoms with van der Waals surface area (Å²) in [5, 5.41) is 0. The van der Waals surface area contributed by atoms with E-state index in [0.29, 0.717) is 13.0 Å². The predicted octanol–water partition coefficient (Wildman–Crippen LogP) is 1.03. The van der Waals surface area contributed by atoms with Crippen LogP contribution in [0.1, 0.15) is 26.2 Å². The number of likely N-dealkylation sites (N-methyl/N-ethyl adjacent to an activating group) is 1. The fourth-order valence-electron chi connectivity index (χ4n) is 1.10. The predicted molar refractivity (Wildman–Crippen MR) is 64.3 cm³/mol. The Morgan fingerprint density at radius 1 is 1.47 bits per heavy atom. The second-order valence-electron chi connectivity index (χ2n) is 3.54. The maximum absolute atomic E-state index is 11.5. The highest BCUT2D eigenvalue weighted by atomic mass is 35.5. The van der Waals surface area contributed by atoms with E-state index in [9.17, 15) is 4.79 Å². The molecule has 0 saturated heterocycles. The standard InChI is InChI=1S/C10H22N2O2.ClH/c1-9(8-11)12(2)10(13)6-4-5-7-14-3;/h9H,4-8,11H2,1-3H3;1H. The van der Waals surface area contributed by atoms with E-state index in [1.807, 2.05) is 6.92 Å². The van der Waals surface area contributed by atoms with E-state index >= 15 is 0 Å². The number of amides is 1. The number of hydrogen-bond acceptors (Lipinski definition) is 3. The first-order chi connectivity index (χ1) is 6.63. The zero-order chi connectivity index (χ0) is 11.0. The molecule has 0 fully saturated rings. The second kappa shape index (κ2) is 10.2. The number of carbonyl (C=O) groups excluding carboxylic acids is 1. The third kappa shape index (κ3) is 7.59. The van der Waals surface area contributed by atoms with Crippen molar-refractivity contribution < 1.29 is 9.53 Å². The molecule has 0 aromatic rings. The third-order valence-corrected chi connectivity index (χ3v) is 2.38. The van der Waals surface area contributed by atoms with E-state index in [2.05, 4.69) is 0 Å². The van der Waals surface area contributed by atoms with Crippen molar-refractivity contribution in [1.29, 1.82) is 0 Å². The summed E-state index contributed by atoms with van der Waals surface area (Å²) < 4.78 is 4.91. The van der Waals surface area contributed by atoms with Gasteiger partial charge in [-0.25, -0.2) is 0 Å². The molecule has 1 amide bonds. The van der Waals surface area contributed by atoms with Crippen LogP contribution in [0.4, 0.5) is 0 Å². The lowest BCUT2D eigenvalue weighted by Gasteiger charge is -2.23. The Hall–Kier alpha value is -0.320. The summed E-state index contributed by atoms with van der Waals surface area (Å²) in [5.41, 5.74) is 5.47. The fourth-order valence-corrected chi connectivity index (χ4v) is 1.10. The molecule has 0 saturated carbocycles. The van der Waals surface area contributed by atoms with E-state index in [4.69, 9.17) is 10.5 Å². The summed E-state index contributed by atoms with van der Waals surface area (Å²) in [6.45, 7) is 3.19. The quantitative estimate of drug-likeness (QED) is 0.674. The lowest BCUT2D eigenvalue weighted by molar-refractivity contribution is -0.131. The molecule has 5 heteroatoms. The van der Waals surface area contributed by atoms with Crippen LogP contribution in [0.3, 0.4) is 0 Å². The Bertz CT molecular complexity index is 168. The molecule has 0 heterocycles. The Kier molecular flexibility index (Phi) is 11.6. The number of rotatable bonds is 7. The molecule has 0 aliphatic carbocycles. The van der Waals surface area contributed by atoms with Gasteiger partial charge in [0.05, 0.1) is 0 Å². The van der Waals surface area contributed by atoms with Gasteiger partial charge in [-0.15, -0.1) is 12.4 Å². The first-order valence-corrected chi connectivity index (χ1v) is 5.08. The molecule has 0 aliphatic rings. The number of unbranched alkanes of at least 4 members (excludes halogenated alkanes) is 1. The van der Waals surface area contributed by atoms with Gasteiger partial charge in [0, 0.05) is 39.8 Å². The van der Waals surface area contributed by atoms with E-state index < -0.39 is 0 Å². The maximum Gasteiger partial charge on any atom is 0.222 e. The van der Waals surface area contributed by atoms with Crippen molar-refractivity contribution in [3.05, 3.63) is 0 Å². The molecule has 0 aromatic heterocycles. The largest absolute Gasteiger partial charge is 0.385 e. The molecule has 0 aliphatic heterocycles.